The molecule has 3 rings (SSSR count). The molecule has 1 unspecified atom stereocenters. The van der Waals surface area contributed by atoms with E-state index >= 15 is 0 Å². The number of aryl methyl sites for hydroxylation is 1. The van der Waals surface area contributed by atoms with Crippen molar-refractivity contribution in [1.29, 1.82) is 0 Å². The van der Waals surface area contributed by atoms with Crippen LogP contribution in [0.1, 0.15) is 33.9 Å². The van der Waals surface area contributed by atoms with Crippen molar-refractivity contribution in [2.24, 2.45) is 7.05 Å². The van der Waals surface area contributed by atoms with Gasteiger partial charge in [0.2, 0.25) is 0 Å². The number of aromatic nitrogens is 2. The Labute approximate surface area is 180 Å². The number of anilines is 3. The molecule has 160 valence electrons. The van der Waals surface area contributed by atoms with Crippen molar-refractivity contribution in [3.63, 3.8) is 0 Å². The summed E-state index contributed by atoms with van der Waals surface area (Å²) in [5.41, 5.74) is -0.712. The van der Waals surface area contributed by atoms with E-state index in [4.69, 9.17) is 0 Å². The fourth-order valence-corrected chi connectivity index (χ4v) is 4.64. The van der Waals surface area contributed by atoms with Gasteiger partial charge in [-0.1, -0.05) is 13.0 Å². The van der Waals surface area contributed by atoms with Gasteiger partial charge in [0.25, 0.3) is 17.0 Å². The van der Waals surface area contributed by atoms with Crippen LogP contribution in [0.2, 0.25) is 0 Å². The molecule has 0 radical (unpaired) electrons. The Morgan fingerprint density at radius 1 is 1.30 bits per heavy atom. The smallest absolute Gasteiger partial charge is 0.290 e. The fraction of sp³-hybridized carbons (Fsp3) is 0.316. The molecule has 3 heterocycles. The molecule has 0 bridgehead atoms. The van der Waals surface area contributed by atoms with E-state index in [1.54, 1.807) is 25.4 Å². The minimum absolute atomic E-state index is 0.00629. The molecule has 4 N–H and O–H groups in total. The third kappa shape index (κ3) is 4.12. The predicted molar refractivity (Wildman–Crippen MR) is 121 cm³/mol. The van der Waals surface area contributed by atoms with Crippen molar-refractivity contribution >= 4 is 45.6 Å². The molecule has 0 saturated heterocycles. The molecule has 0 aromatic carbocycles. The van der Waals surface area contributed by atoms with E-state index in [9.17, 15) is 19.5 Å². The zero-order valence-electron chi connectivity index (χ0n) is 17.0. The molecule has 1 amide bonds. The molecular weight excluding hydrogens is 426 g/mol. The fourth-order valence-electron chi connectivity index (χ4n) is 2.87. The van der Waals surface area contributed by atoms with Gasteiger partial charge >= 0.3 is 0 Å². The van der Waals surface area contributed by atoms with E-state index < -0.39 is 11.1 Å². The van der Waals surface area contributed by atoms with Gasteiger partial charge in [0.1, 0.15) is 16.3 Å². The van der Waals surface area contributed by atoms with Crippen molar-refractivity contribution in [3.8, 4) is 5.75 Å². The van der Waals surface area contributed by atoms with Gasteiger partial charge in [-0.2, -0.15) is 0 Å². The van der Waals surface area contributed by atoms with Gasteiger partial charge in [-0.15, -0.1) is 22.7 Å². The molecule has 9 nitrogen and oxygen atoms in total. The highest BCUT2D eigenvalue weighted by Crippen LogP contribution is 2.37. The van der Waals surface area contributed by atoms with Gasteiger partial charge in [-0.25, -0.2) is 0 Å². The minimum Gasteiger partial charge on any atom is -0.504 e. The van der Waals surface area contributed by atoms with Crippen molar-refractivity contribution in [2.45, 2.75) is 19.4 Å². The van der Waals surface area contributed by atoms with E-state index in [-0.39, 0.29) is 39.6 Å². The van der Waals surface area contributed by atoms with Crippen molar-refractivity contribution in [2.75, 3.05) is 24.7 Å². The Kier molecular flexibility index (Phi) is 6.32. The zero-order valence-corrected chi connectivity index (χ0v) is 18.6. The van der Waals surface area contributed by atoms with Crippen LogP contribution in [0.25, 0.3) is 0 Å². The maximum Gasteiger partial charge on any atom is 0.290 e. The number of nitrogens with one attached hydrogen (secondary N) is 3. The second-order valence-electron chi connectivity index (χ2n) is 6.83. The summed E-state index contributed by atoms with van der Waals surface area (Å²) in [5, 5.41) is 22.5. The normalized spacial score (nSPS) is 11.9. The molecule has 0 spiro atoms. The number of aromatic amines is 1. The number of H-pyrrole nitrogens is 1. The van der Waals surface area contributed by atoms with Crippen LogP contribution in [0.3, 0.4) is 0 Å². The van der Waals surface area contributed by atoms with Crippen LogP contribution in [-0.4, -0.2) is 39.8 Å². The number of hydrogen-bond acceptors (Lipinski definition) is 8. The SMILES string of the molecule is CCC(Nc1c(Nc2csc(C(=O)N(C)C)c2O)c(=O)n(C)[nH]c1=O)c1cccs1. The summed E-state index contributed by atoms with van der Waals surface area (Å²) in [7, 11) is 4.60. The molecular formula is C19H23N5O4S2. The topological polar surface area (TPSA) is 119 Å². The first-order chi connectivity index (χ1) is 14.2. The summed E-state index contributed by atoms with van der Waals surface area (Å²) in [5.74, 6) is -0.622. The zero-order chi connectivity index (χ0) is 22.0. The second-order valence-corrected chi connectivity index (χ2v) is 8.69. The van der Waals surface area contributed by atoms with Crippen LogP contribution < -0.4 is 21.8 Å². The lowest BCUT2D eigenvalue weighted by atomic mass is 10.1. The van der Waals surface area contributed by atoms with E-state index in [1.807, 2.05) is 24.4 Å². The van der Waals surface area contributed by atoms with Crippen LogP contribution in [0.4, 0.5) is 17.1 Å². The number of carbonyl (C=O) groups is 1. The summed E-state index contributed by atoms with van der Waals surface area (Å²) >= 11 is 2.60. The summed E-state index contributed by atoms with van der Waals surface area (Å²) < 4.78 is 1.07. The molecule has 0 fully saturated rings. The standard InChI is InChI=1S/C19H23N5O4S2/c1-5-10(12-7-6-8-29-12)20-13-14(18(27)24(4)22-17(13)26)21-11-9-30-16(15(11)25)19(28)23(2)3/h6-10,20-21,25H,5H2,1-4H3,(H,22,26). The first-order valence-corrected chi connectivity index (χ1v) is 10.9. The molecule has 0 aliphatic rings. The van der Waals surface area contributed by atoms with Crippen molar-refractivity contribution in [1.82, 2.24) is 14.7 Å². The van der Waals surface area contributed by atoms with Crippen LogP contribution in [0, 0.1) is 0 Å². The van der Waals surface area contributed by atoms with Gasteiger partial charge in [-0.05, 0) is 17.9 Å². The Morgan fingerprint density at radius 3 is 2.63 bits per heavy atom. The van der Waals surface area contributed by atoms with Crippen molar-refractivity contribution < 1.29 is 9.90 Å². The molecule has 3 aromatic rings. The second kappa shape index (κ2) is 8.76. The highest BCUT2D eigenvalue weighted by Gasteiger charge is 2.23. The van der Waals surface area contributed by atoms with Crippen molar-refractivity contribution in [3.05, 3.63) is 53.4 Å². The summed E-state index contributed by atoms with van der Waals surface area (Å²) in [6, 6.07) is 3.71. The van der Waals surface area contributed by atoms with Crippen LogP contribution in [0.5, 0.6) is 5.75 Å². The lowest BCUT2D eigenvalue weighted by Gasteiger charge is -2.19. The highest BCUT2D eigenvalue weighted by molar-refractivity contribution is 7.13. The van der Waals surface area contributed by atoms with Gasteiger partial charge < -0.3 is 20.6 Å². The number of rotatable bonds is 7. The van der Waals surface area contributed by atoms with Crippen LogP contribution >= 0.6 is 22.7 Å². The van der Waals surface area contributed by atoms with E-state index in [0.717, 1.165) is 20.9 Å². The van der Waals surface area contributed by atoms with Crippen LogP contribution in [-0.2, 0) is 7.05 Å². The van der Waals surface area contributed by atoms with Crippen LogP contribution in [0.15, 0.2) is 32.5 Å². The minimum atomic E-state index is -0.482. The maximum absolute atomic E-state index is 12.8. The average Bonchev–Trinajstić information content (AvgIpc) is 3.35. The van der Waals surface area contributed by atoms with E-state index in [1.165, 1.54) is 17.3 Å². The predicted octanol–water partition coefficient (Wildman–Crippen LogP) is 2.91. The van der Waals surface area contributed by atoms with Gasteiger partial charge in [0.15, 0.2) is 5.75 Å². The summed E-state index contributed by atoms with van der Waals surface area (Å²) in [4.78, 5) is 40.2. The summed E-state index contributed by atoms with van der Waals surface area (Å²) in [6.45, 7) is 1.98. The molecule has 0 aliphatic carbocycles. The lowest BCUT2D eigenvalue weighted by molar-refractivity contribution is 0.0829. The Balaban J connectivity index is 2.04. The van der Waals surface area contributed by atoms with Gasteiger partial charge in [0, 0.05) is 31.4 Å². The summed E-state index contributed by atoms with van der Waals surface area (Å²) in [6.07, 6.45) is 0.694. The Bertz CT molecular complexity index is 1160. The lowest BCUT2D eigenvalue weighted by Crippen LogP contribution is -2.32. The molecule has 1 atom stereocenters. The third-order valence-corrected chi connectivity index (χ3v) is 6.45. The Morgan fingerprint density at radius 2 is 2.03 bits per heavy atom. The van der Waals surface area contributed by atoms with E-state index in [2.05, 4.69) is 15.7 Å². The molecule has 0 aliphatic heterocycles. The quantitative estimate of drug-likeness (QED) is 0.440. The maximum atomic E-state index is 12.8. The highest BCUT2D eigenvalue weighted by atomic mass is 32.1. The number of carbonyl (C=O) groups excluding carboxylic acids is 1. The number of amides is 1. The van der Waals surface area contributed by atoms with Gasteiger partial charge in [0.05, 0.1) is 11.7 Å². The first-order valence-electron chi connectivity index (χ1n) is 9.16. The van der Waals surface area contributed by atoms with E-state index in [0.29, 0.717) is 6.42 Å². The number of nitrogens with zero attached hydrogens (tertiary/aromatic N) is 2. The van der Waals surface area contributed by atoms with Gasteiger partial charge in [-0.3, -0.25) is 24.2 Å². The first kappa shape index (κ1) is 21.7. The third-order valence-electron chi connectivity index (χ3n) is 4.50. The molecule has 30 heavy (non-hydrogen) atoms. The molecule has 0 saturated carbocycles. The number of aromatic hydroxyl groups is 1. The average molecular weight is 450 g/mol. The monoisotopic (exact) mass is 449 g/mol. The molecule has 3 aromatic heterocycles. The largest absolute Gasteiger partial charge is 0.504 e. The number of hydrogen-bond donors (Lipinski definition) is 4. The number of thiophene rings is 2. The molecule has 11 heteroatoms. The Hall–Kier alpha value is -3.05.